The van der Waals surface area contributed by atoms with Crippen LogP contribution in [0.25, 0.3) is 10.8 Å². The van der Waals surface area contributed by atoms with Crippen LogP contribution in [0.1, 0.15) is 0 Å². The van der Waals surface area contributed by atoms with Crippen molar-refractivity contribution in [2.45, 2.75) is 0 Å². The van der Waals surface area contributed by atoms with E-state index in [2.05, 4.69) is 32.3 Å². The number of carbonyl (C=O) groups is 1. The monoisotopic (exact) mass is 333 g/mol. The normalized spacial score (nSPS) is 14.6. The summed E-state index contributed by atoms with van der Waals surface area (Å²) in [5, 5.41) is 5.17. The lowest BCUT2D eigenvalue weighted by Gasteiger charge is -2.36. The molecule has 6 heteroatoms. The second-order valence-electron chi connectivity index (χ2n) is 6.00. The Morgan fingerprint density at radius 2 is 1.76 bits per heavy atom. The van der Waals surface area contributed by atoms with Gasteiger partial charge in [-0.25, -0.2) is 9.78 Å². The van der Waals surface area contributed by atoms with Crippen molar-refractivity contribution in [3.63, 3.8) is 0 Å². The van der Waals surface area contributed by atoms with Crippen LogP contribution in [0, 0.1) is 0 Å². The van der Waals surface area contributed by atoms with Crippen molar-refractivity contribution >= 4 is 28.3 Å². The number of nitrogens with one attached hydrogen (secondary N) is 1. The number of benzene rings is 1. The van der Waals surface area contributed by atoms with Gasteiger partial charge >= 0.3 is 6.03 Å². The highest BCUT2D eigenvalue weighted by atomic mass is 16.2. The van der Waals surface area contributed by atoms with E-state index in [0.717, 1.165) is 24.2 Å². The Kier molecular flexibility index (Phi) is 4.16. The van der Waals surface area contributed by atoms with Crippen molar-refractivity contribution in [2.24, 2.45) is 0 Å². The van der Waals surface area contributed by atoms with Crippen LogP contribution < -0.4 is 10.2 Å². The zero-order chi connectivity index (χ0) is 17.1. The minimum Gasteiger partial charge on any atom is -0.366 e. The lowest BCUT2D eigenvalue weighted by Crippen LogP contribution is -2.50. The number of rotatable bonds is 2. The smallest absolute Gasteiger partial charge is 0.323 e. The molecule has 4 rings (SSSR count). The first kappa shape index (κ1) is 15.4. The van der Waals surface area contributed by atoms with Crippen LogP contribution in [-0.4, -0.2) is 47.1 Å². The molecule has 0 bridgehead atoms. The molecule has 0 radical (unpaired) electrons. The Morgan fingerprint density at radius 3 is 2.56 bits per heavy atom. The number of carbonyl (C=O) groups excluding carboxylic acids is 1. The first-order valence-electron chi connectivity index (χ1n) is 8.36. The van der Waals surface area contributed by atoms with Gasteiger partial charge in [-0.15, -0.1) is 0 Å². The van der Waals surface area contributed by atoms with E-state index in [9.17, 15) is 4.79 Å². The topological polar surface area (TPSA) is 61.4 Å². The highest BCUT2D eigenvalue weighted by molar-refractivity contribution is 5.93. The summed E-state index contributed by atoms with van der Waals surface area (Å²) in [6.07, 6.45) is 5.46. The molecule has 0 spiro atoms. The molecule has 1 fully saturated rings. The average Bonchev–Trinajstić information content (AvgIpc) is 2.68. The van der Waals surface area contributed by atoms with E-state index < -0.39 is 0 Å². The van der Waals surface area contributed by atoms with Gasteiger partial charge in [0.15, 0.2) is 0 Å². The maximum Gasteiger partial charge on any atom is 0.323 e. The molecular weight excluding hydrogens is 314 g/mol. The zero-order valence-corrected chi connectivity index (χ0v) is 13.8. The van der Waals surface area contributed by atoms with Crippen LogP contribution >= 0.6 is 0 Å². The molecule has 3 heterocycles. The lowest BCUT2D eigenvalue weighted by atomic mass is 10.1. The molecular formula is C19H19N5O. The third-order valence-electron chi connectivity index (χ3n) is 4.45. The maximum atomic E-state index is 12.4. The van der Waals surface area contributed by atoms with Gasteiger partial charge < -0.3 is 9.80 Å². The van der Waals surface area contributed by atoms with Crippen LogP contribution in [0.4, 0.5) is 16.3 Å². The average molecular weight is 333 g/mol. The number of amides is 2. The molecule has 0 aliphatic carbocycles. The number of urea groups is 1. The minimum absolute atomic E-state index is 0.102. The Morgan fingerprint density at radius 1 is 0.960 bits per heavy atom. The molecule has 0 saturated carbocycles. The summed E-state index contributed by atoms with van der Waals surface area (Å²) in [5.74, 6) is 0.577. The Labute approximate surface area is 146 Å². The second kappa shape index (κ2) is 6.76. The van der Waals surface area contributed by atoms with Crippen LogP contribution in [0.5, 0.6) is 0 Å². The van der Waals surface area contributed by atoms with E-state index in [1.54, 1.807) is 12.3 Å². The predicted molar refractivity (Wildman–Crippen MR) is 98.8 cm³/mol. The fraction of sp³-hybridized carbons (Fsp3) is 0.211. The van der Waals surface area contributed by atoms with E-state index in [4.69, 9.17) is 0 Å². The highest BCUT2D eigenvalue weighted by Crippen LogP contribution is 2.26. The fourth-order valence-electron chi connectivity index (χ4n) is 3.13. The van der Waals surface area contributed by atoms with E-state index >= 15 is 0 Å². The maximum absolute atomic E-state index is 12.4. The summed E-state index contributed by atoms with van der Waals surface area (Å²) in [5.41, 5.74) is 1.13. The number of piperazine rings is 1. The Bertz CT molecular complexity index is 870. The number of pyridine rings is 2. The third kappa shape index (κ3) is 3.24. The van der Waals surface area contributed by atoms with Gasteiger partial charge in [-0.1, -0.05) is 30.3 Å². The summed E-state index contributed by atoms with van der Waals surface area (Å²) in [6.45, 7) is 2.90. The molecule has 2 amide bonds. The van der Waals surface area contributed by atoms with Crippen molar-refractivity contribution in [3.05, 3.63) is 61.1 Å². The largest absolute Gasteiger partial charge is 0.366 e. The summed E-state index contributed by atoms with van der Waals surface area (Å²) < 4.78 is 0. The molecule has 1 N–H and O–H groups in total. The van der Waals surface area contributed by atoms with E-state index in [-0.39, 0.29) is 6.03 Å². The van der Waals surface area contributed by atoms with Crippen molar-refractivity contribution in [1.82, 2.24) is 14.9 Å². The van der Waals surface area contributed by atoms with E-state index in [1.807, 2.05) is 41.6 Å². The number of anilines is 2. The first-order valence-corrected chi connectivity index (χ1v) is 8.36. The van der Waals surface area contributed by atoms with Crippen LogP contribution in [0.3, 0.4) is 0 Å². The molecule has 0 atom stereocenters. The number of hydrogen-bond acceptors (Lipinski definition) is 4. The van der Waals surface area contributed by atoms with Crippen molar-refractivity contribution < 1.29 is 4.79 Å². The van der Waals surface area contributed by atoms with Gasteiger partial charge in [0.25, 0.3) is 0 Å². The number of nitrogens with zero attached hydrogens (tertiary/aromatic N) is 4. The minimum atomic E-state index is -0.102. The molecule has 25 heavy (non-hydrogen) atoms. The molecule has 1 saturated heterocycles. The SMILES string of the molecule is O=C(Nc1ccccn1)N1CCN(c2cncc3ccccc23)CC1. The number of aromatic nitrogens is 2. The van der Waals surface area contributed by atoms with Gasteiger partial charge in [0, 0.05) is 49.3 Å². The fourth-order valence-corrected chi connectivity index (χ4v) is 3.13. The molecule has 3 aromatic rings. The van der Waals surface area contributed by atoms with Crippen molar-refractivity contribution in [2.75, 3.05) is 36.4 Å². The van der Waals surface area contributed by atoms with E-state index in [0.29, 0.717) is 18.9 Å². The highest BCUT2D eigenvalue weighted by Gasteiger charge is 2.22. The Balaban J connectivity index is 1.43. The van der Waals surface area contributed by atoms with Gasteiger partial charge in [-0.3, -0.25) is 10.3 Å². The summed E-state index contributed by atoms with van der Waals surface area (Å²) in [4.78, 5) is 25.0. The molecule has 1 aliphatic heterocycles. The van der Waals surface area contributed by atoms with Gasteiger partial charge in [0.05, 0.1) is 11.9 Å². The molecule has 1 aromatic carbocycles. The first-order chi connectivity index (χ1) is 12.3. The molecule has 6 nitrogen and oxygen atoms in total. The third-order valence-corrected chi connectivity index (χ3v) is 4.45. The Hall–Kier alpha value is -3.15. The van der Waals surface area contributed by atoms with Gasteiger partial charge in [-0.2, -0.15) is 0 Å². The standard InChI is InChI=1S/C19H19N5O/c25-19(22-18-7-3-4-8-21-18)24-11-9-23(10-12-24)17-14-20-13-15-5-1-2-6-16(15)17/h1-8,13-14H,9-12H2,(H,21,22,25). The number of fused-ring (bicyclic) bond motifs is 1. The lowest BCUT2D eigenvalue weighted by molar-refractivity contribution is 0.208. The van der Waals surface area contributed by atoms with Crippen molar-refractivity contribution in [1.29, 1.82) is 0 Å². The van der Waals surface area contributed by atoms with E-state index in [1.165, 1.54) is 5.39 Å². The quantitative estimate of drug-likeness (QED) is 0.783. The van der Waals surface area contributed by atoms with Crippen molar-refractivity contribution in [3.8, 4) is 0 Å². The summed E-state index contributed by atoms with van der Waals surface area (Å²) in [7, 11) is 0. The van der Waals surface area contributed by atoms with Gasteiger partial charge in [-0.05, 0) is 12.1 Å². The van der Waals surface area contributed by atoms with Crippen LogP contribution in [0.2, 0.25) is 0 Å². The molecule has 1 aliphatic rings. The zero-order valence-electron chi connectivity index (χ0n) is 13.8. The van der Waals surface area contributed by atoms with Crippen LogP contribution in [0.15, 0.2) is 61.1 Å². The number of hydrogen-bond donors (Lipinski definition) is 1. The molecule has 0 unspecified atom stereocenters. The predicted octanol–water partition coefficient (Wildman–Crippen LogP) is 2.98. The summed E-state index contributed by atoms with van der Waals surface area (Å²) >= 11 is 0. The van der Waals surface area contributed by atoms with Gasteiger partial charge in [0.1, 0.15) is 5.82 Å². The van der Waals surface area contributed by atoms with Crippen LogP contribution in [-0.2, 0) is 0 Å². The molecule has 2 aromatic heterocycles. The second-order valence-corrected chi connectivity index (χ2v) is 6.00. The van der Waals surface area contributed by atoms with Gasteiger partial charge in [0.2, 0.25) is 0 Å². The summed E-state index contributed by atoms with van der Waals surface area (Å²) in [6, 6.07) is 13.6. The molecule has 126 valence electrons.